The first-order valence-electron chi connectivity index (χ1n) is 4.88. The fourth-order valence-electron chi connectivity index (χ4n) is 1.38. The average molecular weight is 395 g/mol. The van der Waals surface area contributed by atoms with Crippen molar-refractivity contribution in [3.05, 3.63) is 39.0 Å². The first kappa shape index (κ1) is 13.6. The molecule has 0 bridgehead atoms. The maximum atomic E-state index is 12.1. The van der Waals surface area contributed by atoms with Crippen LogP contribution in [0.4, 0.5) is 5.69 Å². The molecule has 5 nitrogen and oxygen atoms in total. The summed E-state index contributed by atoms with van der Waals surface area (Å²) in [6, 6.07) is 5.19. The number of aryl methyl sites for hydroxylation is 1. The number of aromatic nitrogens is 2. The number of halogens is 2. The minimum atomic E-state index is -3.63. The zero-order valence-corrected chi connectivity index (χ0v) is 13.2. The number of anilines is 1. The Balaban J connectivity index is 2.37. The summed E-state index contributed by atoms with van der Waals surface area (Å²) in [6.45, 7) is 1.65. The Labute approximate surface area is 121 Å². The van der Waals surface area contributed by atoms with Crippen LogP contribution in [-0.2, 0) is 10.0 Å². The molecule has 0 atom stereocenters. The van der Waals surface area contributed by atoms with Gasteiger partial charge in [-0.25, -0.2) is 8.42 Å². The van der Waals surface area contributed by atoms with E-state index in [2.05, 4.69) is 46.8 Å². The Morgan fingerprint density at radius 3 is 2.61 bits per heavy atom. The minimum Gasteiger partial charge on any atom is -0.281 e. The van der Waals surface area contributed by atoms with Crippen LogP contribution in [0, 0.1) is 6.92 Å². The van der Waals surface area contributed by atoms with Crippen molar-refractivity contribution in [2.45, 2.75) is 11.8 Å². The van der Waals surface area contributed by atoms with Crippen LogP contribution in [0.1, 0.15) is 5.69 Å². The molecule has 0 unspecified atom stereocenters. The highest BCUT2D eigenvalue weighted by Crippen LogP contribution is 2.28. The molecule has 2 N–H and O–H groups in total. The van der Waals surface area contributed by atoms with E-state index in [-0.39, 0.29) is 4.90 Å². The molecule has 0 saturated heterocycles. The van der Waals surface area contributed by atoms with Crippen molar-refractivity contribution >= 4 is 47.6 Å². The van der Waals surface area contributed by atoms with Gasteiger partial charge in [-0.3, -0.25) is 9.82 Å². The highest BCUT2D eigenvalue weighted by molar-refractivity contribution is 9.11. The molecule has 0 amide bonds. The van der Waals surface area contributed by atoms with Crippen molar-refractivity contribution in [1.29, 1.82) is 0 Å². The fraction of sp³-hybridized carbons (Fsp3) is 0.100. The van der Waals surface area contributed by atoms with Crippen LogP contribution >= 0.6 is 31.9 Å². The van der Waals surface area contributed by atoms with E-state index in [1.54, 1.807) is 25.1 Å². The molecule has 96 valence electrons. The van der Waals surface area contributed by atoms with Crippen LogP contribution in [0.25, 0.3) is 0 Å². The van der Waals surface area contributed by atoms with E-state index in [0.29, 0.717) is 15.9 Å². The van der Waals surface area contributed by atoms with Gasteiger partial charge in [0.05, 0.1) is 17.6 Å². The van der Waals surface area contributed by atoms with E-state index in [1.165, 1.54) is 6.20 Å². The molecule has 0 aliphatic heterocycles. The first-order chi connectivity index (χ1) is 8.40. The third kappa shape index (κ3) is 2.76. The molecule has 1 heterocycles. The van der Waals surface area contributed by atoms with Gasteiger partial charge < -0.3 is 0 Å². The lowest BCUT2D eigenvalue weighted by atomic mass is 10.3. The van der Waals surface area contributed by atoms with E-state index in [4.69, 9.17) is 0 Å². The van der Waals surface area contributed by atoms with E-state index < -0.39 is 10.0 Å². The molecular weight excluding hydrogens is 386 g/mol. The molecule has 2 rings (SSSR count). The van der Waals surface area contributed by atoms with Gasteiger partial charge in [0, 0.05) is 8.95 Å². The van der Waals surface area contributed by atoms with Crippen molar-refractivity contribution in [2.24, 2.45) is 0 Å². The molecule has 18 heavy (non-hydrogen) atoms. The molecule has 2 aromatic rings. The maximum Gasteiger partial charge on any atom is 0.265 e. The SMILES string of the molecule is Cc1[nH]ncc1S(=O)(=O)Nc1ccc(Br)cc1Br. The Bertz CT molecular complexity index is 682. The number of sulfonamides is 1. The van der Waals surface area contributed by atoms with Gasteiger partial charge in [0.1, 0.15) is 4.90 Å². The molecular formula is C10H9Br2N3O2S. The predicted molar refractivity (Wildman–Crippen MR) is 76.0 cm³/mol. The Morgan fingerprint density at radius 2 is 2.06 bits per heavy atom. The second kappa shape index (κ2) is 5.02. The van der Waals surface area contributed by atoms with Gasteiger partial charge in [-0.2, -0.15) is 5.10 Å². The number of rotatable bonds is 3. The van der Waals surface area contributed by atoms with Gasteiger partial charge in [-0.1, -0.05) is 15.9 Å². The number of H-pyrrole nitrogens is 1. The number of benzene rings is 1. The first-order valence-corrected chi connectivity index (χ1v) is 7.95. The van der Waals surface area contributed by atoms with Gasteiger partial charge in [0.2, 0.25) is 0 Å². The van der Waals surface area contributed by atoms with Crippen LogP contribution in [0.2, 0.25) is 0 Å². The molecule has 0 spiro atoms. The Hall–Kier alpha value is -0.860. The fourth-order valence-corrected chi connectivity index (χ4v) is 3.88. The average Bonchev–Trinajstić information content (AvgIpc) is 2.69. The van der Waals surface area contributed by atoms with E-state index in [9.17, 15) is 8.42 Å². The zero-order chi connectivity index (χ0) is 13.3. The lowest BCUT2D eigenvalue weighted by Crippen LogP contribution is -2.13. The largest absolute Gasteiger partial charge is 0.281 e. The topological polar surface area (TPSA) is 74.8 Å². The standard InChI is InChI=1S/C10H9Br2N3O2S/c1-6-10(5-13-14-6)18(16,17)15-9-3-2-7(11)4-8(9)12/h2-5,15H,1H3,(H,13,14). The van der Waals surface area contributed by atoms with Crippen molar-refractivity contribution in [2.75, 3.05) is 4.72 Å². The van der Waals surface area contributed by atoms with Crippen molar-refractivity contribution < 1.29 is 8.42 Å². The molecule has 8 heteroatoms. The third-order valence-electron chi connectivity index (χ3n) is 2.25. The predicted octanol–water partition coefficient (Wildman–Crippen LogP) is 3.04. The minimum absolute atomic E-state index is 0.136. The Morgan fingerprint density at radius 1 is 1.33 bits per heavy atom. The highest BCUT2D eigenvalue weighted by Gasteiger charge is 2.19. The molecule has 0 saturated carbocycles. The normalized spacial score (nSPS) is 11.5. The lowest BCUT2D eigenvalue weighted by molar-refractivity contribution is 0.600. The molecule has 1 aromatic heterocycles. The number of hydrogen-bond acceptors (Lipinski definition) is 3. The Kier molecular flexibility index (Phi) is 3.79. The van der Waals surface area contributed by atoms with E-state index >= 15 is 0 Å². The molecule has 0 fully saturated rings. The van der Waals surface area contributed by atoms with Crippen LogP contribution in [-0.4, -0.2) is 18.6 Å². The summed E-state index contributed by atoms with van der Waals surface area (Å²) in [4.78, 5) is 0.136. The summed E-state index contributed by atoms with van der Waals surface area (Å²) < 4.78 is 28.2. The van der Waals surface area contributed by atoms with Crippen LogP contribution < -0.4 is 4.72 Å². The second-order valence-corrected chi connectivity index (χ2v) is 7.01. The van der Waals surface area contributed by atoms with Crippen molar-refractivity contribution in [1.82, 2.24) is 10.2 Å². The molecule has 0 aliphatic rings. The van der Waals surface area contributed by atoms with E-state index in [0.717, 1.165) is 4.47 Å². The molecule has 0 aliphatic carbocycles. The maximum absolute atomic E-state index is 12.1. The summed E-state index contributed by atoms with van der Waals surface area (Å²) in [7, 11) is -3.63. The number of hydrogen-bond donors (Lipinski definition) is 2. The monoisotopic (exact) mass is 393 g/mol. The van der Waals surface area contributed by atoms with Gasteiger partial charge in [0.25, 0.3) is 10.0 Å². The summed E-state index contributed by atoms with van der Waals surface area (Å²) in [6.07, 6.45) is 1.28. The summed E-state index contributed by atoms with van der Waals surface area (Å²) in [5, 5.41) is 6.30. The van der Waals surface area contributed by atoms with Gasteiger partial charge in [-0.15, -0.1) is 0 Å². The number of aromatic amines is 1. The smallest absolute Gasteiger partial charge is 0.265 e. The lowest BCUT2D eigenvalue weighted by Gasteiger charge is -2.09. The number of nitrogens with zero attached hydrogens (tertiary/aromatic N) is 1. The molecule has 1 aromatic carbocycles. The van der Waals surface area contributed by atoms with E-state index in [1.807, 2.05) is 0 Å². The summed E-state index contributed by atoms with van der Waals surface area (Å²) in [5.41, 5.74) is 0.967. The van der Waals surface area contributed by atoms with Gasteiger partial charge >= 0.3 is 0 Å². The number of nitrogens with one attached hydrogen (secondary N) is 2. The zero-order valence-electron chi connectivity index (χ0n) is 9.24. The van der Waals surface area contributed by atoms with Crippen molar-refractivity contribution in [3.8, 4) is 0 Å². The molecule has 0 radical (unpaired) electrons. The van der Waals surface area contributed by atoms with Gasteiger partial charge in [-0.05, 0) is 41.1 Å². The van der Waals surface area contributed by atoms with Crippen LogP contribution in [0.5, 0.6) is 0 Å². The third-order valence-corrected chi connectivity index (χ3v) is 4.88. The second-order valence-electron chi connectivity index (χ2n) is 3.59. The van der Waals surface area contributed by atoms with Crippen LogP contribution in [0.3, 0.4) is 0 Å². The van der Waals surface area contributed by atoms with Crippen LogP contribution in [0.15, 0.2) is 38.2 Å². The van der Waals surface area contributed by atoms with Crippen molar-refractivity contribution in [3.63, 3.8) is 0 Å². The quantitative estimate of drug-likeness (QED) is 0.839. The summed E-state index contributed by atoms with van der Waals surface area (Å²) in [5.74, 6) is 0. The summed E-state index contributed by atoms with van der Waals surface area (Å²) >= 11 is 6.61. The van der Waals surface area contributed by atoms with Gasteiger partial charge in [0.15, 0.2) is 0 Å². The highest BCUT2D eigenvalue weighted by atomic mass is 79.9.